The second kappa shape index (κ2) is 9.46. The molecule has 34 heavy (non-hydrogen) atoms. The summed E-state index contributed by atoms with van der Waals surface area (Å²) < 4.78 is 93.0. The summed E-state index contributed by atoms with van der Waals surface area (Å²) >= 11 is 5.99. The van der Waals surface area contributed by atoms with Gasteiger partial charge in [-0.05, 0) is 43.2 Å². The lowest BCUT2D eigenvalue weighted by molar-refractivity contribution is -0.139. The first-order valence-electron chi connectivity index (χ1n) is 9.88. The van der Waals surface area contributed by atoms with Crippen molar-refractivity contribution >= 4 is 43.2 Å². The Labute approximate surface area is 200 Å². The molecule has 0 aliphatic carbocycles. The van der Waals surface area contributed by atoms with Crippen LogP contribution in [0.1, 0.15) is 18.4 Å². The zero-order valence-corrected chi connectivity index (χ0v) is 20.4. The van der Waals surface area contributed by atoms with E-state index in [4.69, 9.17) is 11.6 Å². The summed E-state index contributed by atoms with van der Waals surface area (Å²) in [6.07, 6.45) is -4.57. The lowest BCUT2D eigenvalue weighted by atomic mass is 10.2. The normalized spacial score (nSPS) is 17.8. The number of amides is 1. The molecule has 8 nitrogen and oxygen atoms in total. The smallest absolute Gasteiger partial charge is 0.325 e. The molecule has 1 atom stereocenters. The largest absolute Gasteiger partial charge is 0.417 e. The second-order valence-electron chi connectivity index (χ2n) is 7.69. The van der Waals surface area contributed by atoms with Gasteiger partial charge in [0.2, 0.25) is 26.0 Å². The summed E-state index contributed by atoms with van der Waals surface area (Å²) in [6, 6.07) is 6.21. The van der Waals surface area contributed by atoms with E-state index in [2.05, 4.69) is 5.32 Å². The lowest BCUT2D eigenvalue weighted by Gasteiger charge is -2.25. The van der Waals surface area contributed by atoms with Gasteiger partial charge < -0.3 is 5.32 Å². The summed E-state index contributed by atoms with van der Waals surface area (Å²) in [5.41, 5.74) is -1.29. The number of carbonyl (C=O) groups excluding carboxylic acids is 1. The van der Waals surface area contributed by atoms with Gasteiger partial charge in [0.05, 0.1) is 15.5 Å². The first-order valence-corrected chi connectivity index (χ1v) is 13.1. The van der Waals surface area contributed by atoms with Crippen molar-refractivity contribution in [2.75, 3.05) is 26.0 Å². The van der Waals surface area contributed by atoms with E-state index in [1.54, 1.807) is 0 Å². The average Bonchev–Trinajstić information content (AvgIpc) is 3.25. The molecule has 3 rings (SSSR count). The van der Waals surface area contributed by atoms with Gasteiger partial charge in [-0.3, -0.25) is 4.79 Å². The van der Waals surface area contributed by atoms with E-state index in [0.717, 1.165) is 26.8 Å². The summed E-state index contributed by atoms with van der Waals surface area (Å²) in [5.74, 6) is -0.805. The van der Waals surface area contributed by atoms with Gasteiger partial charge in [0.15, 0.2) is 0 Å². The van der Waals surface area contributed by atoms with E-state index < -0.39 is 48.6 Å². The molecule has 0 radical (unpaired) electrons. The van der Waals surface area contributed by atoms with Crippen LogP contribution in [0.3, 0.4) is 0 Å². The highest BCUT2D eigenvalue weighted by atomic mass is 35.5. The zero-order valence-electron chi connectivity index (χ0n) is 18.0. The third kappa shape index (κ3) is 5.08. The minimum Gasteiger partial charge on any atom is -0.325 e. The molecule has 0 unspecified atom stereocenters. The number of halogens is 4. The fraction of sp³-hybridized carbons (Fsp3) is 0.350. The summed E-state index contributed by atoms with van der Waals surface area (Å²) in [5, 5.41) is 2.37. The molecule has 186 valence electrons. The summed E-state index contributed by atoms with van der Waals surface area (Å²) in [6.45, 7) is -0.145. The third-order valence-corrected chi connectivity index (χ3v) is 9.51. The first kappa shape index (κ1) is 26.4. The molecule has 0 aromatic heterocycles. The van der Waals surface area contributed by atoms with Gasteiger partial charge in [-0.25, -0.2) is 21.1 Å². The zero-order chi connectivity index (χ0) is 25.5. The van der Waals surface area contributed by atoms with E-state index in [1.165, 1.54) is 32.3 Å². The van der Waals surface area contributed by atoms with Crippen molar-refractivity contribution in [2.45, 2.75) is 34.9 Å². The molecule has 1 amide bonds. The lowest BCUT2D eigenvalue weighted by Crippen LogP contribution is -2.43. The van der Waals surface area contributed by atoms with Crippen molar-refractivity contribution < 1.29 is 34.8 Å². The van der Waals surface area contributed by atoms with Gasteiger partial charge in [0.1, 0.15) is 10.9 Å². The van der Waals surface area contributed by atoms with Gasteiger partial charge >= 0.3 is 6.18 Å². The van der Waals surface area contributed by atoms with Crippen LogP contribution in [0.15, 0.2) is 52.3 Å². The van der Waals surface area contributed by atoms with Gasteiger partial charge in [-0.1, -0.05) is 23.7 Å². The Balaban J connectivity index is 1.92. The molecule has 2 aromatic carbocycles. The Bertz CT molecular complexity index is 1310. The molecule has 1 N–H and O–H groups in total. The van der Waals surface area contributed by atoms with Crippen LogP contribution in [0.5, 0.6) is 0 Å². The van der Waals surface area contributed by atoms with Crippen LogP contribution >= 0.6 is 11.6 Å². The molecular weight excluding hydrogens is 519 g/mol. The monoisotopic (exact) mass is 539 g/mol. The highest BCUT2D eigenvalue weighted by molar-refractivity contribution is 7.89. The predicted molar refractivity (Wildman–Crippen MR) is 119 cm³/mol. The quantitative estimate of drug-likeness (QED) is 0.606. The average molecular weight is 540 g/mol. The number of nitrogens with zero attached hydrogens (tertiary/aromatic N) is 2. The van der Waals surface area contributed by atoms with Crippen molar-refractivity contribution in [1.29, 1.82) is 0 Å². The topological polar surface area (TPSA) is 104 Å². The maximum absolute atomic E-state index is 13.4. The van der Waals surface area contributed by atoms with E-state index in [0.29, 0.717) is 6.07 Å². The Morgan fingerprint density at radius 1 is 1.09 bits per heavy atom. The number of alkyl halides is 3. The molecule has 1 heterocycles. The van der Waals surface area contributed by atoms with Gasteiger partial charge in [-0.15, -0.1) is 0 Å². The number of hydrogen-bond donors (Lipinski definition) is 1. The fourth-order valence-electron chi connectivity index (χ4n) is 3.54. The van der Waals surface area contributed by atoms with Crippen LogP contribution in [0.2, 0.25) is 5.02 Å². The van der Waals surface area contributed by atoms with E-state index in [-0.39, 0.29) is 35.0 Å². The highest BCUT2D eigenvalue weighted by Crippen LogP contribution is 2.37. The van der Waals surface area contributed by atoms with Crippen LogP contribution in [0, 0.1) is 0 Å². The molecule has 0 saturated carbocycles. The molecule has 2 aromatic rings. The Morgan fingerprint density at radius 2 is 1.74 bits per heavy atom. The van der Waals surface area contributed by atoms with Crippen molar-refractivity contribution in [3.63, 3.8) is 0 Å². The van der Waals surface area contributed by atoms with Crippen molar-refractivity contribution in [1.82, 2.24) is 8.61 Å². The molecule has 1 aliphatic heterocycles. The van der Waals surface area contributed by atoms with Crippen LogP contribution in [0.25, 0.3) is 0 Å². The standard InChI is InChI=1S/C20H21ClF3N3O5S2/c1-26(2)33(29,30)18-12-13(9-10-15(18)21)25-19(28)16-7-5-11-27(16)34(31,32)17-8-4-3-6-14(17)20(22,23)24/h3-4,6,8-10,12,16H,5,7,11H2,1-2H3,(H,25,28)/t16-/m0/s1. The Kier molecular flexibility index (Phi) is 7.35. The van der Waals surface area contributed by atoms with Crippen LogP contribution in [0.4, 0.5) is 18.9 Å². The number of rotatable bonds is 6. The van der Waals surface area contributed by atoms with Crippen molar-refractivity contribution in [2.24, 2.45) is 0 Å². The summed E-state index contributed by atoms with van der Waals surface area (Å²) in [7, 11) is -5.99. The van der Waals surface area contributed by atoms with Gasteiger partial charge in [0.25, 0.3) is 0 Å². The first-order chi connectivity index (χ1) is 15.7. The second-order valence-corrected chi connectivity index (χ2v) is 12.1. The van der Waals surface area contributed by atoms with Crippen LogP contribution in [-0.4, -0.2) is 58.0 Å². The number of sulfonamides is 2. The number of nitrogens with one attached hydrogen (secondary N) is 1. The van der Waals surface area contributed by atoms with E-state index in [1.807, 2.05) is 0 Å². The van der Waals surface area contributed by atoms with E-state index in [9.17, 15) is 34.8 Å². The Morgan fingerprint density at radius 3 is 2.35 bits per heavy atom. The number of benzene rings is 2. The van der Waals surface area contributed by atoms with Crippen molar-refractivity contribution in [3.8, 4) is 0 Å². The molecular formula is C20H21ClF3N3O5S2. The highest BCUT2D eigenvalue weighted by Gasteiger charge is 2.44. The molecule has 1 aliphatic rings. The summed E-state index contributed by atoms with van der Waals surface area (Å²) in [4.78, 5) is 11.7. The SMILES string of the molecule is CN(C)S(=O)(=O)c1cc(NC(=O)[C@@H]2CCCN2S(=O)(=O)c2ccccc2C(F)(F)F)ccc1Cl. The molecule has 14 heteroatoms. The minimum atomic E-state index is -4.90. The number of carbonyl (C=O) groups is 1. The molecule has 1 fully saturated rings. The maximum Gasteiger partial charge on any atom is 0.417 e. The van der Waals surface area contributed by atoms with E-state index >= 15 is 0 Å². The Hall–Kier alpha value is -2.19. The predicted octanol–water partition coefficient (Wildman–Crippen LogP) is 3.40. The fourth-order valence-corrected chi connectivity index (χ4v) is 6.81. The molecule has 0 spiro atoms. The minimum absolute atomic E-state index is 0.0368. The number of anilines is 1. The van der Waals surface area contributed by atoms with Gasteiger partial charge in [0, 0.05) is 26.3 Å². The third-order valence-electron chi connectivity index (χ3n) is 5.24. The van der Waals surface area contributed by atoms with Crippen molar-refractivity contribution in [3.05, 3.63) is 53.1 Å². The molecule has 0 bridgehead atoms. The van der Waals surface area contributed by atoms with Crippen LogP contribution in [-0.2, 0) is 31.0 Å². The number of hydrogen-bond acceptors (Lipinski definition) is 5. The maximum atomic E-state index is 13.4. The van der Waals surface area contributed by atoms with Gasteiger partial charge in [-0.2, -0.15) is 17.5 Å². The van der Waals surface area contributed by atoms with Crippen LogP contribution < -0.4 is 5.32 Å². The molecule has 1 saturated heterocycles.